The molecule has 0 radical (unpaired) electrons. The fraction of sp³-hybridized carbons (Fsp3) is 0.111. The van der Waals surface area contributed by atoms with E-state index in [1.54, 1.807) is 12.1 Å². The van der Waals surface area contributed by atoms with E-state index in [1.165, 1.54) is 6.33 Å². The Labute approximate surface area is 159 Å². The van der Waals surface area contributed by atoms with E-state index in [2.05, 4.69) is 30.7 Å². The van der Waals surface area contributed by atoms with Crippen LogP contribution in [0.15, 0.2) is 48.8 Å². The highest BCUT2D eigenvalue weighted by Crippen LogP contribution is 2.33. The minimum Gasteiger partial charge on any atom is -0.358 e. The number of H-pyrrole nitrogens is 1. The highest BCUT2D eigenvalue weighted by Gasteiger charge is 2.15. The fourth-order valence-corrected chi connectivity index (χ4v) is 3.06. The summed E-state index contributed by atoms with van der Waals surface area (Å²) in [5, 5.41) is 21.8. The molecule has 2 aromatic carbocycles. The van der Waals surface area contributed by atoms with Gasteiger partial charge in [0, 0.05) is 16.3 Å². The van der Waals surface area contributed by atoms with Gasteiger partial charge < -0.3 is 5.32 Å². The van der Waals surface area contributed by atoms with Crippen LogP contribution in [0, 0.1) is 0 Å². The highest BCUT2D eigenvalue weighted by molar-refractivity contribution is 6.42. The number of fused-ring (bicyclic) bond motifs is 1. The van der Waals surface area contributed by atoms with Gasteiger partial charge in [0.1, 0.15) is 17.8 Å². The van der Waals surface area contributed by atoms with Crippen molar-refractivity contribution < 1.29 is 0 Å². The molecule has 0 amide bonds. The SMILES string of the molecule is CC(Nc1nnc(-c2ccc(Cl)c(Cl)c2)c2ccccc12)c1ncn[nH]1. The maximum absolute atomic E-state index is 6.16. The molecule has 130 valence electrons. The summed E-state index contributed by atoms with van der Waals surface area (Å²) in [5.74, 6) is 1.40. The quantitative estimate of drug-likeness (QED) is 0.523. The van der Waals surface area contributed by atoms with Crippen LogP contribution in [0.3, 0.4) is 0 Å². The molecule has 0 spiro atoms. The monoisotopic (exact) mass is 384 g/mol. The minimum atomic E-state index is -0.0916. The Bertz CT molecular complexity index is 1060. The van der Waals surface area contributed by atoms with Crippen LogP contribution in [0.25, 0.3) is 22.0 Å². The third-order valence-electron chi connectivity index (χ3n) is 4.08. The first-order chi connectivity index (χ1) is 12.6. The van der Waals surface area contributed by atoms with Crippen molar-refractivity contribution in [3.8, 4) is 11.3 Å². The number of aromatic nitrogens is 5. The van der Waals surface area contributed by atoms with E-state index in [1.807, 2.05) is 37.3 Å². The number of nitrogens with zero attached hydrogens (tertiary/aromatic N) is 4. The van der Waals surface area contributed by atoms with Crippen molar-refractivity contribution in [1.82, 2.24) is 25.4 Å². The summed E-state index contributed by atoms with van der Waals surface area (Å²) in [4.78, 5) is 4.17. The lowest BCUT2D eigenvalue weighted by Gasteiger charge is -2.15. The molecule has 0 aliphatic carbocycles. The van der Waals surface area contributed by atoms with Crippen LogP contribution in [-0.2, 0) is 0 Å². The van der Waals surface area contributed by atoms with Crippen molar-refractivity contribution in [1.29, 1.82) is 0 Å². The Morgan fingerprint density at radius 3 is 2.54 bits per heavy atom. The molecule has 4 rings (SSSR count). The molecule has 0 aliphatic heterocycles. The van der Waals surface area contributed by atoms with Gasteiger partial charge in [-0.25, -0.2) is 4.98 Å². The molecular formula is C18H14Cl2N6. The summed E-state index contributed by atoms with van der Waals surface area (Å²) in [7, 11) is 0. The second kappa shape index (κ2) is 6.90. The van der Waals surface area contributed by atoms with Crippen LogP contribution in [0.4, 0.5) is 5.82 Å². The number of halogens is 2. The normalized spacial score (nSPS) is 12.3. The van der Waals surface area contributed by atoms with Crippen LogP contribution in [0.5, 0.6) is 0 Å². The third-order valence-corrected chi connectivity index (χ3v) is 4.82. The van der Waals surface area contributed by atoms with Gasteiger partial charge in [-0.2, -0.15) is 5.10 Å². The van der Waals surface area contributed by atoms with Crippen LogP contribution in [-0.4, -0.2) is 25.4 Å². The highest BCUT2D eigenvalue weighted by atomic mass is 35.5. The summed E-state index contributed by atoms with van der Waals surface area (Å²) < 4.78 is 0. The third kappa shape index (κ3) is 3.09. The van der Waals surface area contributed by atoms with E-state index in [4.69, 9.17) is 23.2 Å². The number of hydrogen-bond acceptors (Lipinski definition) is 5. The average molecular weight is 385 g/mol. The lowest BCUT2D eigenvalue weighted by molar-refractivity contribution is 0.787. The van der Waals surface area contributed by atoms with Gasteiger partial charge in [-0.15, -0.1) is 10.2 Å². The Kier molecular flexibility index (Phi) is 4.44. The van der Waals surface area contributed by atoms with E-state index >= 15 is 0 Å². The van der Waals surface area contributed by atoms with Crippen LogP contribution < -0.4 is 5.32 Å². The Morgan fingerprint density at radius 2 is 1.81 bits per heavy atom. The molecule has 1 unspecified atom stereocenters. The molecule has 2 aromatic heterocycles. The van der Waals surface area contributed by atoms with Crippen LogP contribution in [0.1, 0.15) is 18.8 Å². The molecule has 26 heavy (non-hydrogen) atoms. The lowest BCUT2D eigenvalue weighted by atomic mass is 10.0. The molecule has 6 nitrogen and oxygen atoms in total. The number of nitrogens with one attached hydrogen (secondary N) is 2. The standard InChI is InChI=1S/C18H14Cl2N6/c1-10(17-21-9-22-25-17)23-18-13-5-3-2-4-12(13)16(24-26-18)11-6-7-14(19)15(20)8-11/h2-10H,1H3,(H,23,26)(H,21,22,25). The van der Waals surface area contributed by atoms with Gasteiger partial charge in [0.2, 0.25) is 0 Å². The number of hydrogen-bond donors (Lipinski definition) is 2. The molecule has 4 aromatic rings. The van der Waals surface area contributed by atoms with E-state index in [-0.39, 0.29) is 6.04 Å². The molecule has 0 saturated heterocycles. The van der Waals surface area contributed by atoms with Crippen molar-refractivity contribution in [3.05, 3.63) is 64.7 Å². The Hall–Kier alpha value is -2.70. The smallest absolute Gasteiger partial charge is 0.157 e. The van der Waals surface area contributed by atoms with Gasteiger partial charge in [-0.1, -0.05) is 53.5 Å². The summed E-state index contributed by atoms with van der Waals surface area (Å²) in [5.41, 5.74) is 1.61. The molecule has 2 heterocycles. The second-order valence-corrected chi connectivity index (χ2v) is 6.62. The minimum absolute atomic E-state index is 0.0916. The summed E-state index contributed by atoms with van der Waals surface area (Å²) in [6.07, 6.45) is 1.48. The predicted octanol–water partition coefficient (Wildman–Crippen LogP) is 4.89. The molecular weight excluding hydrogens is 371 g/mol. The molecule has 0 bridgehead atoms. The maximum Gasteiger partial charge on any atom is 0.157 e. The molecule has 0 saturated carbocycles. The number of anilines is 1. The topological polar surface area (TPSA) is 79.4 Å². The van der Waals surface area contributed by atoms with Crippen molar-refractivity contribution in [2.24, 2.45) is 0 Å². The van der Waals surface area contributed by atoms with Crippen molar-refractivity contribution in [3.63, 3.8) is 0 Å². The van der Waals surface area contributed by atoms with Crippen LogP contribution in [0.2, 0.25) is 10.0 Å². The second-order valence-electron chi connectivity index (χ2n) is 5.81. The summed E-state index contributed by atoms with van der Waals surface area (Å²) in [6, 6.07) is 13.3. The molecule has 1 atom stereocenters. The zero-order valence-corrected chi connectivity index (χ0v) is 15.3. The first-order valence-corrected chi connectivity index (χ1v) is 8.71. The van der Waals surface area contributed by atoms with Gasteiger partial charge >= 0.3 is 0 Å². The zero-order chi connectivity index (χ0) is 18.1. The van der Waals surface area contributed by atoms with Gasteiger partial charge in [-0.3, -0.25) is 5.10 Å². The molecule has 2 N–H and O–H groups in total. The Balaban J connectivity index is 1.79. The van der Waals surface area contributed by atoms with E-state index in [9.17, 15) is 0 Å². The van der Waals surface area contributed by atoms with E-state index in [0.29, 0.717) is 15.9 Å². The molecule has 0 aliphatic rings. The Morgan fingerprint density at radius 1 is 1.00 bits per heavy atom. The van der Waals surface area contributed by atoms with Gasteiger partial charge in [0.25, 0.3) is 0 Å². The molecule has 8 heteroatoms. The summed E-state index contributed by atoms with van der Waals surface area (Å²) in [6.45, 7) is 1.98. The largest absolute Gasteiger partial charge is 0.358 e. The van der Waals surface area contributed by atoms with Crippen molar-refractivity contribution >= 4 is 39.8 Å². The average Bonchev–Trinajstić information content (AvgIpc) is 3.19. The first kappa shape index (κ1) is 16.8. The van der Waals surface area contributed by atoms with Gasteiger partial charge in [-0.05, 0) is 19.1 Å². The van der Waals surface area contributed by atoms with Crippen LogP contribution >= 0.6 is 23.2 Å². The predicted molar refractivity (Wildman–Crippen MR) is 103 cm³/mol. The van der Waals surface area contributed by atoms with Crippen molar-refractivity contribution in [2.45, 2.75) is 13.0 Å². The maximum atomic E-state index is 6.16. The first-order valence-electron chi connectivity index (χ1n) is 7.96. The van der Waals surface area contributed by atoms with E-state index < -0.39 is 0 Å². The fourth-order valence-electron chi connectivity index (χ4n) is 2.76. The molecule has 0 fully saturated rings. The van der Waals surface area contributed by atoms with E-state index in [0.717, 1.165) is 27.9 Å². The summed E-state index contributed by atoms with van der Waals surface area (Å²) >= 11 is 12.2. The lowest BCUT2D eigenvalue weighted by Crippen LogP contribution is -2.11. The van der Waals surface area contributed by atoms with Crippen molar-refractivity contribution in [2.75, 3.05) is 5.32 Å². The number of aromatic amines is 1. The number of benzene rings is 2. The van der Waals surface area contributed by atoms with Gasteiger partial charge in [0.05, 0.1) is 16.1 Å². The number of rotatable bonds is 4. The van der Waals surface area contributed by atoms with Gasteiger partial charge in [0.15, 0.2) is 5.82 Å². The zero-order valence-electron chi connectivity index (χ0n) is 13.7.